The van der Waals surface area contributed by atoms with Crippen molar-refractivity contribution in [2.24, 2.45) is 0 Å². The Kier molecular flexibility index (Phi) is 8.37. The minimum absolute atomic E-state index is 0.00383. The van der Waals surface area contributed by atoms with Crippen LogP contribution < -0.4 is 20.4 Å². The van der Waals surface area contributed by atoms with E-state index in [1.165, 1.54) is 12.1 Å². The lowest BCUT2D eigenvalue weighted by molar-refractivity contribution is 0.0393. The summed E-state index contributed by atoms with van der Waals surface area (Å²) in [4.78, 5) is 21.0. The standard InChI is InChI=1S/C42H44F2N8O/c43-29-22-28(23-30(44)40(29)51-18-19-53-39(24-51)25-6-2-1-3-7-25)52-37(26-10-12-31-35(20-26)49-41(47-31)33-8-4-16-45-33)14-15-38(52)27-11-13-32-36(21-27)50-42(48-32)34-9-5-17-46-34/h1-3,6-7,10-13,20-23,33-34,37-39,45-46H,4-5,8-9,14-19,24H2,(H,47,49)(H,48,50)/t33-,34-,37+,38+,39?/m0/s1. The first-order chi connectivity index (χ1) is 26.1. The Morgan fingerprint density at radius 2 is 1.25 bits per heavy atom. The number of nitrogens with one attached hydrogen (secondary N) is 4. The number of rotatable bonds is 7. The number of imidazole rings is 2. The number of ether oxygens (including phenoxy) is 1. The SMILES string of the molecule is Fc1cc(N2[C@@H](c3ccc4nc([C@@H]5CCCN5)[nH]c4c3)CC[C@@H]2c2ccc3nc([C@@H]4CCCN4)[nH]c3c2)cc(F)c1N1CCOC(c2ccccc2)C1. The van der Waals surface area contributed by atoms with Gasteiger partial charge < -0.3 is 35.1 Å². The van der Waals surface area contributed by atoms with Gasteiger partial charge in [-0.2, -0.15) is 0 Å². The maximum atomic E-state index is 16.5. The number of anilines is 2. The third-order valence-corrected chi connectivity index (χ3v) is 11.8. The minimum atomic E-state index is -0.562. The van der Waals surface area contributed by atoms with Crippen LogP contribution in [0.4, 0.5) is 20.2 Å². The molecule has 4 N–H and O–H groups in total. The molecular weight excluding hydrogens is 671 g/mol. The molecule has 6 aromatic rings. The summed E-state index contributed by atoms with van der Waals surface area (Å²) in [5.41, 5.74) is 7.54. The average Bonchev–Trinajstić information content (AvgIpc) is 4.03. The molecule has 272 valence electrons. The van der Waals surface area contributed by atoms with Crippen LogP contribution in [0, 0.1) is 11.6 Å². The van der Waals surface area contributed by atoms with Crippen LogP contribution in [0.2, 0.25) is 0 Å². The van der Waals surface area contributed by atoms with E-state index in [4.69, 9.17) is 14.7 Å². The van der Waals surface area contributed by atoms with E-state index in [9.17, 15) is 0 Å². The molecule has 4 saturated heterocycles. The number of aromatic amines is 2. The topological polar surface area (TPSA) is 97.1 Å². The monoisotopic (exact) mass is 714 g/mol. The number of fused-ring (bicyclic) bond motifs is 2. The third kappa shape index (κ3) is 6.04. The normalized spacial score (nSPS) is 25.0. The number of hydrogen-bond donors (Lipinski definition) is 4. The molecule has 11 heteroatoms. The Balaban J connectivity index is 1.02. The lowest BCUT2D eigenvalue weighted by Crippen LogP contribution is -2.39. The lowest BCUT2D eigenvalue weighted by atomic mass is 10.0. The molecule has 1 unspecified atom stereocenters. The van der Waals surface area contributed by atoms with E-state index in [2.05, 4.69) is 61.9 Å². The fraction of sp³-hybridized carbons (Fsp3) is 0.381. The van der Waals surface area contributed by atoms with Crippen molar-refractivity contribution in [1.29, 1.82) is 0 Å². The Bertz CT molecular complexity index is 2140. The Labute approximate surface area is 307 Å². The summed E-state index contributed by atoms with van der Waals surface area (Å²) in [6.07, 6.45) is 5.79. The van der Waals surface area contributed by atoms with Gasteiger partial charge in [-0.05, 0) is 105 Å². The van der Waals surface area contributed by atoms with Gasteiger partial charge in [0, 0.05) is 18.8 Å². The molecule has 4 fully saturated rings. The summed E-state index contributed by atoms with van der Waals surface area (Å²) in [6.45, 7) is 3.17. The summed E-state index contributed by atoms with van der Waals surface area (Å²) in [5, 5.41) is 7.08. The Morgan fingerprint density at radius 1 is 0.660 bits per heavy atom. The van der Waals surface area contributed by atoms with Crippen LogP contribution in [0.15, 0.2) is 78.9 Å². The van der Waals surface area contributed by atoms with E-state index in [-0.39, 0.29) is 36.0 Å². The summed E-state index contributed by atoms with van der Waals surface area (Å²) in [6, 6.07) is 26.0. The van der Waals surface area contributed by atoms with Gasteiger partial charge in [-0.15, -0.1) is 0 Å². The molecular formula is C42H44F2N8O. The van der Waals surface area contributed by atoms with Gasteiger partial charge in [0.1, 0.15) is 23.4 Å². The number of H-pyrrole nitrogens is 2. The van der Waals surface area contributed by atoms with Gasteiger partial charge in [-0.3, -0.25) is 0 Å². The first-order valence-corrected chi connectivity index (χ1v) is 19.2. The van der Waals surface area contributed by atoms with Crippen LogP contribution in [0.5, 0.6) is 0 Å². The smallest absolute Gasteiger partial charge is 0.151 e. The summed E-state index contributed by atoms with van der Waals surface area (Å²) >= 11 is 0. The van der Waals surface area contributed by atoms with Crippen molar-refractivity contribution in [1.82, 2.24) is 30.6 Å². The highest BCUT2D eigenvalue weighted by Gasteiger charge is 2.38. The van der Waals surface area contributed by atoms with Crippen LogP contribution in [0.1, 0.15) is 97.1 Å². The van der Waals surface area contributed by atoms with Crippen molar-refractivity contribution in [3.63, 3.8) is 0 Å². The van der Waals surface area contributed by atoms with Gasteiger partial charge >= 0.3 is 0 Å². The quantitative estimate of drug-likeness (QED) is 0.132. The molecule has 6 heterocycles. The summed E-state index contributed by atoms with van der Waals surface area (Å²) in [7, 11) is 0. The Hall–Kier alpha value is -4.84. The summed E-state index contributed by atoms with van der Waals surface area (Å²) in [5.74, 6) is 0.809. The van der Waals surface area contributed by atoms with Crippen LogP contribution in [0.3, 0.4) is 0 Å². The highest BCUT2D eigenvalue weighted by atomic mass is 19.1. The second-order valence-electron chi connectivity index (χ2n) is 15.1. The maximum absolute atomic E-state index is 16.5. The van der Waals surface area contributed by atoms with Gasteiger partial charge in [0.05, 0.1) is 52.8 Å². The van der Waals surface area contributed by atoms with Gasteiger partial charge in [0.25, 0.3) is 0 Å². The van der Waals surface area contributed by atoms with Crippen LogP contribution in [0.25, 0.3) is 22.1 Å². The maximum Gasteiger partial charge on any atom is 0.151 e. The van der Waals surface area contributed by atoms with E-state index in [0.29, 0.717) is 25.4 Å². The zero-order valence-corrected chi connectivity index (χ0v) is 29.6. The molecule has 9 nitrogen and oxygen atoms in total. The van der Waals surface area contributed by atoms with Crippen molar-refractivity contribution in [3.8, 4) is 0 Å². The van der Waals surface area contributed by atoms with Crippen LogP contribution in [-0.2, 0) is 4.74 Å². The van der Waals surface area contributed by atoms with Crippen LogP contribution in [-0.4, -0.2) is 52.7 Å². The van der Waals surface area contributed by atoms with Crippen molar-refractivity contribution < 1.29 is 13.5 Å². The highest BCUT2D eigenvalue weighted by molar-refractivity contribution is 5.78. The number of aromatic nitrogens is 4. The predicted octanol–water partition coefficient (Wildman–Crippen LogP) is 8.23. The van der Waals surface area contributed by atoms with Crippen molar-refractivity contribution in [2.75, 3.05) is 42.6 Å². The fourth-order valence-electron chi connectivity index (χ4n) is 9.22. The number of morpholine rings is 1. The fourth-order valence-corrected chi connectivity index (χ4v) is 9.22. The van der Waals surface area contributed by atoms with Gasteiger partial charge in [-0.1, -0.05) is 42.5 Å². The second kappa shape index (κ2) is 13.5. The summed E-state index contributed by atoms with van der Waals surface area (Å²) < 4.78 is 39.0. The lowest BCUT2D eigenvalue weighted by Gasteiger charge is -2.36. The molecule has 10 rings (SSSR count). The molecule has 53 heavy (non-hydrogen) atoms. The van der Waals surface area contributed by atoms with E-state index < -0.39 is 11.6 Å². The molecule has 0 radical (unpaired) electrons. The number of halogens is 2. The molecule has 2 aromatic heterocycles. The average molecular weight is 715 g/mol. The first-order valence-electron chi connectivity index (χ1n) is 19.2. The predicted molar refractivity (Wildman–Crippen MR) is 203 cm³/mol. The first kappa shape index (κ1) is 32.8. The zero-order valence-electron chi connectivity index (χ0n) is 29.6. The molecule has 4 aliphatic rings. The molecule has 0 spiro atoms. The number of hydrogen-bond acceptors (Lipinski definition) is 7. The van der Waals surface area contributed by atoms with Gasteiger partial charge in [-0.25, -0.2) is 18.7 Å². The van der Waals surface area contributed by atoms with Crippen molar-refractivity contribution in [2.45, 2.75) is 68.8 Å². The molecule has 4 aromatic carbocycles. The van der Waals surface area contributed by atoms with Gasteiger partial charge in [0.2, 0.25) is 0 Å². The molecule has 4 aliphatic heterocycles. The van der Waals surface area contributed by atoms with Crippen molar-refractivity contribution >= 4 is 33.4 Å². The van der Waals surface area contributed by atoms with E-state index >= 15 is 8.78 Å². The molecule has 0 saturated carbocycles. The molecule has 0 bridgehead atoms. The molecule has 0 aliphatic carbocycles. The third-order valence-electron chi connectivity index (χ3n) is 11.8. The van der Waals surface area contributed by atoms with Crippen molar-refractivity contribution in [3.05, 3.63) is 119 Å². The second-order valence-corrected chi connectivity index (χ2v) is 15.1. The van der Waals surface area contributed by atoms with E-state index in [0.717, 1.165) is 102 Å². The molecule has 0 amide bonds. The van der Waals surface area contributed by atoms with Crippen LogP contribution >= 0.6 is 0 Å². The highest BCUT2D eigenvalue weighted by Crippen LogP contribution is 2.49. The molecule has 5 atom stereocenters. The van der Waals surface area contributed by atoms with E-state index in [1.807, 2.05) is 30.3 Å². The zero-order chi connectivity index (χ0) is 35.5. The minimum Gasteiger partial charge on any atom is -0.370 e. The van der Waals surface area contributed by atoms with E-state index in [1.54, 1.807) is 4.90 Å². The Morgan fingerprint density at radius 3 is 1.79 bits per heavy atom. The largest absolute Gasteiger partial charge is 0.370 e. The number of benzene rings is 4. The van der Waals surface area contributed by atoms with Gasteiger partial charge in [0.15, 0.2) is 11.6 Å². The number of nitrogens with zero attached hydrogens (tertiary/aromatic N) is 4.